The fourth-order valence-electron chi connectivity index (χ4n) is 2.75. The zero-order valence-corrected chi connectivity index (χ0v) is 14.2. The molecule has 0 spiro atoms. The lowest BCUT2D eigenvalue weighted by Gasteiger charge is -2.20. The summed E-state index contributed by atoms with van der Waals surface area (Å²) in [4.78, 5) is 12.5. The lowest BCUT2D eigenvalue weighted by molar-refractivity contribution is -0.116. The lowest BCUT2D eigenvalue weighted by Crippen LogP contribution is -2.19. The van der Waals surface area contributed by atoms with Gasteiger partial charge in [0.25, 0.3) is 0 Å². The Bertz CT molecular complexity index is 810. The van der Waals surface area contributed by atoms with Gasteiger partial charge < -0.3 is 9.88 Å². The average molecular weight is 339 g/mol. The van der Waals surface area contributed by atoms with Crippen LogP contribution < -0.4 is 5.32 Å². The molecule has 122 valence electrons. The Morgan fingerprint density at radius 3 is 2.46 bits per heavy atom. The molecular weight excluding hydrogens is 320 g/mol. The van der Waals surface area contributed by atoms with Crippen molar-refractivity contribution in [2.75, 3.05) is 5.32 Å². The largest absolute Gasteiger partial charge is 0.346 e. The molecule has 0 saturated heterocycles. The number of amides is 1. The molecule has 4 heteroatoms. The molecule has 0 fully saturated rings. The molecule has 3 nitrogen and oxygen atoms in total. The predicted octanol–water partition coefficient (Wildman–Crippen LogP) is 5.07. The summed E-state index contributed by atoms with van der Waals surface area (Å²) >= 11 is 5.88. The summed E-state index contributed by atoms with van der Waals surface area (Å²) in [6.45, 7) is 2.06. The van der Waals surface area contributed by atoms with E-state index in [0.717, 1.165) is 11.3 Å². The number of anilines is 1. The minimum absolute atomic E-state index is 0.0301. The first-order valence-electron chi connectivity index (χ1n) is 7.86. The highest BCUT2D eigenvalue weighted by Gasteiger charge is 2.17. The zero-order chi connectivity index (χ0) is 16.9. The summed E-state index contributed by atoms with van der Waals surface area (Å²) in [5.74, 6) is -0.0301. The fraction of sp³-hybridized carbons (Fsp3) is 0.150. The van der Waals surface area contributed by atoms with Crippen LogP contribution >= 0.6 is 11.6 Å². The molecule has 1 aromatic heterocycles. The number of hydrogen-bond acceptors (Lipinski definition) is 1. The first kappa shape index (κ1) is 16.3. The molecule has 24 heavy (non-hydrogen) atoms. The van der Waals surface area contributed by atoms with Crippen LogP contribution in [0.1, 0.15) is 23.6 Å². The van der Waals surface area contributed by atoms with Crippen LogP contribution in [0.3, 0.4) is 0 Å². The van der Waals surface area contributed by atoms with Gasteiger partial charge in [-0.3, -0.25) is 4.79 Å². The number of hydrogen-bond donors (Lipinski definition) is 1. The summed E-state index contributed by atoms with van der Waals surface area (Å²) < 4.78 is 2.07. The number of aromatic nitrogens is 1. The van der Waals surface area contributed by atoms with Crippen LogP contribution in [0.5, 0.6) is 0 Å². The summed E-state index contributed by atoms with van der Waals surface area (Å²) in [6.07, 6.45) is 4.34. The van der Waals surface area contributed by atoms with Crippen LogP contribution in [0.25, 0.3) is 0 Å². The quantitative estimate of drug-likeness (QED) is 0.692. The van der Waals surface area contributed by atoms with Crippen LogP contribution in [-0.4, -0.2) is 10.5 Å². The Balaban J connectivity index is 1.79. The number of benzene rings is 2. The van der Waals surface area contributed by atoms with Gasteiger partial charge in [-0.25, -0.2) is 0 Å². The van der Waals surface area contributed by atoms with Gasteiger partial charge in [0.15, 0.2) is 0 Å². The van der Waals surface area contributed by atoms with E-state index in [0.29, 0.717) is 11.4 Å². The Morgan fingerprint density at radius 1 is 1.08 bits per heavy atom. The Kier molecular flexibility index (Phi) is 5.02. The van der Waals surface area contributed by atoms with Crippen molar-refractivity contribution in [1.29, 1.82) is 0 Å². The smallest absolute Gasteiger partial charge is 0.226 e. The Morgan fingerprint density at radius 2 is 1.79 bits per heavy atom. The minimum Gasteiger partial charge on any atom is -0.346 e. The molecule has 0 radical (unpaired) electrons. The van der Waals surface area contributed by atoms with Gasteiger partial charge in [0.05, 0.1) is 12.5 Å². The van der Waals surface area contributed by atoms with Crippen LogP contribution in [0.15, 0.2) is 73.1 Å². The molecule has 2 aromatic carbocycles. The number of carbonyl (C=O) groups excluding carboxylic acids is 1. The second-order valence-corrected chi connectivity index (χ2v) is 6.26. The van der Waals surface area contributed by atoms with E-state index in [2.05, 4.69) is 35.0 Å². The molecule has 1 N–H and O–H groups in total. The van der Waals surface area contributed by atoms with Gasteiger partial charge >= 0.3 is 0 Å². The van der Waals surface area contributed by atoms with Crippen LogP contribution in [0.2, 0.25) is 5.02 Å². The van der Waals surface area contributed by atoms with Crippen LogP contribution in [-0.2, 0) is 4.79 Å². The standard InChI is InChI=1S/C20H19ClN2O/c1-15-5-4-6-16(13-15)19(23-11-2-3-12-23)14-20(24)22-18-9-7-17(21)8-10-18/h2-13,19H,14H2,1H3,(H,22,24)/t19-/m1/s1. The summed E-state index contributed by atoms with van der Waals surface area (Å²) in [5.41, 5.74) is 3.06. The van der Waals surface area contributed by atoms with E-state index in [1.54, 1.807) is 24.3 Å². The second kappa shape index (κ2) is 7.37. The highest BCUT2D eigenvalue weighted by atomic mass is 35.5. The number of halogens is 1. The molecule has 0 bridgehead atoms. The van der Waals surface area contributed by atoms with Crippen LogP contribution in [0.4, 0.5) is 5.69 Å². The van der Waals surface area contributed by atoms with E-state index in [1.165, 1.54) is 5.56 Å². The van der Waals surface area contributed by atoms with Crippen molar-refractivity contribution in [3.05, 3.63) is 89.2 Å². The van der Waals surface area contributed by atoms with Gasteiger partial charge in [0.1, 0.15) is 0 Å². The Labute approximate surface area is 146 Å². The molecule has 0 unspecified atom stereocenters. The molecule has 0 aliphatic rings. The van der Waals surface area contributed by atoms with Gasteiger partial charge in [0.2, 0.25) is 5.91 Å². The number of rotatable bonds is 5. The molecular formula is C20H19ClN2O. The molecule has 0 aliphatic heterocycles. The lowest BCUT2D eigenvalue weighted by atomic mass is 10.0. The van der Waals surface area contributed by atoms with Crippen molar-refractivity contribution < 1.29 is 4.79 Å². The predicted molar refractivity (Wildman–Crippen MR) is 98.4 cm³/mol. The van der Waals surface area contributed by atoms with Gasteiger partial charge in [-0.05, 0) is 48.9 Å². The average Bonchev–Trinajstić information content (AvgIpc) is 3.09. The van der Waals surface area contributed by atoms with E-state index >= 15 is 0 Å². The maximum absolute atomic E-state index is 12.5. The number of nitrogens with zero attached hydrogens (tertiary/aromatic N) is 1. The SMILES string of the molecule is Cc1cccc([C@@H](CC(=O)Nc2ccc(Cl)cc2)n2cccc2)c1. The molecule has 3 rings (SSSR count). The minimum atomic E-state index is -0.0350. The van der Waals surface area contributed by atoms with E-state index < -0.39 is 0 Å². The van der Waals surface area contributed by atoms with E-state index in [1.807, 2.05) is 30.6 Å². The fourth-order valence-corrected chi connectivity index (χ4v) is 2.88. The van der Waals surface area contributed by atoms with E-state index in [4.69, 9.17) is 11.6 Å². The molecule has 1 heterocycles. The third-order valence-corrected chi connectivity index (χ3v) is 4.17. The van der Waals surface area contributed by atoms with Gasteiger partial charge in [-0.2, -0.15) is 0 Å². The van der Waals surface area contributed by atoms with Crippen molar-refractivity contribution in [2.24, 2.45) is 0 Å². The van der Waals surface area contributed by atoms with Crippen molar-refractivity contribution in [3.8, 4) is 0 Å². The first-order chi connectivity index (χ1) is 11.6. The highest BCUT2D eigenvalue weighted by molar-refractivity contribution is 6.30. The molecule has 1 atom stereocenters. The molecule has 1 amide bonds. The molecule has 3 aromatic rings. The third-order valence-electron chi connectivity index (χ3n) is 3.92. The summed E-state index contributed by atoms with van der Waals surface area (Å²) in [5, 5.41) is 3.59. The van der Waals surface area contributed by atoms with E-state index in [-0.39, 0.29) is 11.9 Å². The zero-order valence-electron chi connectivity index (χ0n) is 13.4. The number of nitrogens with one attached hydrogen (secondary N) is 1. The number of aryl methyl sites for hydroxylation is 1. The van der Waals surface area contributed by atoms with Crippen molar-refractivity contribution in [1.82, 2.24) is 4.57 Å². The first-order valence-corrected chi connectivity index (χ1v) is 8.24. The maximum atomic E-state index is 12.5. The topological polar surface area (TPSA) is 34.0 Å². The molecule has 0 aliphatic carbocycles. The Hall–Kier alpha value is -2.52. The molecule has 0 saturated carbocycles. The van der Waals surface area contributed by atoms with Crippen molar-refractivity contribution in [2.45, 2.75) is 19.4 Å². The highest BCUT2D eigenvalue weighted by Crippen LogP contribution is 2.24. The van der Waals surface area contributed by atoms with Crippen molar-refractivity contribution in [3.63, 3.8) is 0 Å². The van der Waals surface area contributed by atoms with Crippen molar-refractivity contribution >= 4 is 23.2 Å². The normalized spacial score (nSPS) is 11.9. The van der Waals surface area contributed by atoms with Gasteiger partial charge in [-0.15, -0.1) is 0 Å². The summed E-state index contributed by atoms with van der Waals surface area (Å²) in [7, 11) is 0. The second-order valence-electron chi connectivity index (χ2n) is 5.82. The van der Waals surface area contributed by atoms with E-state index in [9.17, 15) is 4.79 Å². The van der Waals surface area contributed by atoms with Gasteiger partial charge in [-0.1, -0.05) is 41.4 Å². The van der Waals surface area contributed by atoms with Crippen LogP contribution in [0, 0.1) is 6.92 Å². The third kappa shape index (κ3) is 4.06. The maximum Gasteiger partial charge on any atom is 0.226 e. The summed E-state index contributed by atoms with van der Waals surface area (Å²) in [6, 6.07) is 19.3. The van der Waals surface area contributed by atoms with Gasteiger partial charge in [0, 0.05) is 23.1 Å². The number of carbonyl (C=O) groups is 1. The monoisotopic (exact) mass is 338 g/mol.